The summed E-state index contributed by atoms with van der Waals surface area (Å²) >= 11 is -1.23. The zero-order valence-corrected chi connectivity index (χ0v) is 8.96. The minimum absolute atomic E-state index is 0.567. The molecule has 0 bridgehead atoms. The van der Waals surface area contributed by atoms with Crippen LogP contribution in [0.2, 0.25) is 7.96 Å². The molecule has 0 aromatic heterocycles. The van der Waals surface area contributed by atoms with Crippen molar-refractivity contribution >= 4 is 22.7 Å². The molecule has 0 rings (SSSR count). The molecule has 0 unspecified atom stereocenters. The van der Waals surface area contributed by atoms with Gasteiger partial charge in [-0.05, 0) is 0 Å². The standard InChI is InChI=1S/2C2H5.CH3O.Pb/c3*1-2;/h2*1H2,2H3;2H,1H2;. The Hall–Kier alpha value is 0.882. The third-order valence-electron chi connectivity index (χ3n) is 1.22. The van der Waals surface area contributed by atoms with Crippen molar-refractivity contribution in [3.05, 3.63) is 0 Å². The molecule has 2 heteroatoms. The van der Waals surface area contributed by atoms with Gasteiger partial charge in [-0.3, -0.25) is 0 Å². The molecular weight excluding hydrogens is 283 g/mol. The second-order valence-corrected chi connectivity index (χ2v) is 14.2. The topological polar surface area (TPSA) is 20.2 Å². The van der Waals surface area contributed by atoms with Crippen molar-refractivity contribution in [3.8, 4) is 0 Å². The molecule has 0 aromatic rings. The van der Waals surface area contributed by atoms with Crippen LogP contribution in [0.15, 0.2) is 0 Å². The number of rotatable bonds is 3. The molecule has 0 fully saturated rings. The Kier molecular flexibility index (Phi) is 5.66. The minimum atomic E-state index is -1.23. The second-order valence-electron chi connectivity index (χ2n) is 1.62. The normalized spacial score (nSPS) is 10.3. The zero-order valence-electron chi connectivity index (χ0n) is 5.07. The Morgan fingerprint density at radius 2 is 1.71 bits per heavy atom. The Balaban J connectivity index is 2.99. The predicted octanol–water partition coefficient (Wildman–Crippen LogP) is 1.05. The second kappa shape index (κ2) is 5.03. The fourth-order valence-corrected chi connectivity index (χ4v) is 4.16. The van der Waals surface area contributed by atoms with Crippen LogP contribution < -0.4 is 0 Å². The Morgan fingerprint density at radius 3 is 1.71 bits per heavy atom. The van der Waals surface area contributed by atoms with E-state index in [2.05, 4.69) is 13.8 Å². The van der Waals surface area contributed by atoms with E-state index in [1.54, 1.807) is 0 Å². The van der Waals surface area contributed by atoms with Gasteiger partial charge in [-0.2, -0.15) is 0 Å². The van der Waals surface area contributed by atoms with Crippen molar-refractivity contribution < 1.29 is 5.11 Å². The maximum absolute atomic E-state index is 8.62. The van der Waals surface area contributed by atoms with Crippen LogP contribution in [-0.4, -0.2) is 32.0 Å². The van der Waals surface area contributed by atoms with Crippen molar-refractivity contribution in [3.63, 3.8) is 0 Å². The van der Waals surface area contributed by atoms with Crippen LogP contribution in [-0.2, 0) is 0 Å². The first-order chi connectivity index (χ1) is 3.35. The molecule has 0 aliphatic rings. The van der Waals surface area contributed by atoms with Crippen molar-refractivity contribution in [1.82, 2.24) is 0 Å². The fourth-order valence-electron chi connectivity index (χ4n) is 0.474. The summed E-state index contributed by atoms with van der Waals surface area (Å²) in [5.74, 6) is 0. The SMILES string of the molecule is C[CH2][Pb]([CH2]C)[CH2]O. The van der Waals surface area contributed by atoms with Crippen molar-refractivity contribution in [2.45, 2.75) is 21.8 Å². The summed E-state index contributed by atoms with van der Waals surface area (Å²) < 4.78 is 3.20. The van der Waals surface area contributed by atoms with Gasteiger partial charge in [-0.1, -0.05) is 0 Å². The molecule has 1 radical (unpaired) electrons. The third kappa shape index (κ3) is 3.46. The van der Waals surface area contributed by atoms with Crippen molar-refractivity contribution in [1.29, 1.82) is 0 Å². The molecule has 0 aliphatic carbocycles. The van der Waals surface area contributed by atoms with E-state index in [1.165, 1.54) is 7.96 Å². The molecule has 0 saturated carbocycles. The van der Waals surface area contributed by atoms with E-state index >= 15 is 0 Å². The van der Waals surface area contributed by atoms with Crippen LogP contribution in [0.1, 0.15) is 13.8 Å². The summed E-state index contributed by atoms with van der Waals surface area (Å²) in [4.78, 5) is 0. The first-order valence-corrected chi connectivity index (χ1v) is 11.0. The molecule has 0 heterocycles. The van der Waals surface area contributed by atoms with Crippen LogP contribution >= 0.6 is 0 Å². The van der Waals surface area contributed by atoms with Gasteiger partial charge >= 0.3 is 53.8 Å². The summed E-state index contributed by atoms with van der Waals surface area (Å²) in [6.45, 7) is 4.39. The molecule has 0 amide bonds. The van der Waals surface area contributed by atoms with E-state index in [1.807, 2.05) is 0 Å². The summed E-state index contributed by atoms with van der Waals surface area (Å²) in [5.41, 5.74) is 0. The first kappa shape index (κ1) is 7.88. The Bertz CT molecular complexity index is 29.6. The third-order valence-corrected chi connectivity index (χ3v) is 10.7. The predicted molar refractivity (Wildman–Crippen MR) is 33.8 cm³/mol. The van der Waals surface area contributed by atoms with Crippen LogP contribution in [0.5, 0.6) is 0 Å². The Labute approximate surface area is 53.9 Å². The van der Waals surface area contributed by atoms with Crippen LogP contribution in [0.25, 0.3) is 0 Å². The molecule has 0 aromatic carbocycles. The van der Waals surface area contributed by atoms with Gasteiger partial charge in [-0.25, -0.2) is 0 Å². The van der Waals surface area contributed by atoms with Crippen LogP contribution in [0.3, 0.4) is 0 Å². The van der Waals surface area contributed by atoms with Gasteiger partial charge < -0.3 is 0 Å². The summed E-state index contributed by atoms with van der Waals surface area (Å²) in [5, 5.41) is 8.62. The van der Waals surface area contributed by atoms with Gasteiger partial charge in [0.1, 0.15) is 0 Å². The summed E-state index contributed by atoms with van der Waals surface area (Å²) in [7, 11) is 0. The van der Waals surface area contributed by atoms with Gasteiger partial charge in [0.25, 0.3) is 0 Å². The summed E-state index contributed by atoms with van der Waals surface area (Å²) in [6, 6.07) is 0. The van der Waals surface area contributed by atoms with E-state index in [0.717, 1.165) is 0 Å². The molecule has 0 spiro atoms. The quantitative estimate of drug-likeness (QED) is 0.772. The first-order valence-electron chi connectivity index (χ1n) is 2.79. The fraction of sp³-hybridized carbons (Fsp3) is 1.00. The Morgan fingerprint density at radius 1 is 1.29 bits per heavy atom. The molecule has 7 heavy (non-hydrogen) atoms. The molecule has 0 aliphatic heterocycles. The zero-order chi connectivity index (χ0) is 5.70. The molecule has 1 N–H and O–H groups in total. The average Bonchev–Trinajstić information content (AvgIpc) is 1.72. The van der Waals surface area contributed by atoms with E-state index < -0.39 is 22.7 Å². The maximum atomic E-state index is 8.62. The molecule has 1 nitrogen and oxygen atoms in total. The van der Waals surface area contributed by atoms with Gasteiger partial charge in [0.05, 0.1) is 0 Å². The van der Waals surface area contributed by atoms with E-state index in [9.17, 15) is 0 Å². The van der Waals surface area contributed by atoms with Crippen molar-refractivity contribution in [2.75, 3.05) is 4.17 Å². The van der Waals surface area contributed by atoms with Gasteiger partial charge in [-0.15, -0.1) is 0 Å². The number of hydrogen-bond donors (Lipinski definition) is 1. The number of aliphatic hydroxyl groups is 1. The monoisotopic (exact) mass is 297 g/mol. The van der Waals surface area contributed by atoms with E-state index in [-0.39, 0.29) is 0 Å². The molecule has 0 saturated heterocycles. The molecular formula is C5H13OPb. The van der Waals surface area contributed by atoms with Crippen molar-refractivity contribution in [2.24, 2.45) is 0 Å². The van der Waals surface area contributed by atoms with Gasteiger partial charge in [0, 0.05) is 0 Å². The van der Waals surface area contributed by atoms with Crippen LogP contribution in [0, 0.1) is 0 Å². The van der Waals surface area contributed by atoms with E-state index in [4.69, 9.17) is 5.11 Å². The molecule has 43 valence electrons. The molecule has 0 atom stereocenters. The average molecular weight is 296 g/mol. The van der Waals surface area contributed by atoms with E-state index in [0.29, 0.717) is 4.17 Å². The van der Waals surface area contributed by atoms with Gasteiger partial charge in [0.15, 0.2) is 0 Å². The summed E-state index contributed by atoms with van der Waals surface area (Å²) in [6.07, 6.45) is 0. The number of hydrogen-bond acceptors (Lipinski definition) is 1. The number of aliphatic hydroxyl groups excluding tert-OH is 1. The van der Waals surface area contributed by atoms with Gasteiger partial charge in [0.2, 0.25) is 0 Å². The van der Waals surface area contributed by atoms with Crippen LogP contribution in [0.4, 0.5) is 0 Å².